The molecule has 134 valence electrons. The van der Waals surface area contributed by atoms with Crippen LogP contribution in [0.5, 0.6) is 0 Å². The highest BCUT2D eigenvalue weighted by molar-refractivity contribution is 5.41. The third-order valence-electron chi connectivity index (χ3n) is 6.19. The van der Waals surface area contributed by atoms with Crippen LogP contribution in [0.1, 0.15) is 76.7 Å². The minimum atomic E-state index is -0.199. The lowest BCUT2D eigenvalue weighted by Crippen LogP contribution is -2.23. The van der Waals surface area contributed by atoms with Crippen LogP contribution in [0.25, 0.3) is 0 Å². The van der Waals surface area contributed by atoms with Crippen molar-refractivity contribution in [1.82, 2.24) is 0 Å². The highest BCUT2D eigenvalue weighted by Crippen LogP contribution is 2.40. The molecule has 0 N–H and O–H groups in total. The summed E-state index contributed by atoms with van der Waals surface area (Å²) in [7, 11) is 0. The molecule has 2 aliphatic carbocycles. The van der Waals surface area contributed by atoms with Gasteiger partial charge < -0.3 is 0 Å². The predicted octanol–water partition coefficient (Wildman–Crippen LogP) is 6.90. The van der Waals surface area contributed by atoms with Gasteiger partial charge in [-0.05, 0) is 79.7 Å². The van der Waals surface area contributed by atoms with Gasteiger partial charge in [-0.1, -0.05) is 56.9 Å². The molecule has 1 unspecified atom stereocenters. The third-order valence-corrected chi connectivity index (χ3v) is 6.19. The highest BCUT2D eigenvalue weighted by atomic mass is 19.1. The Morgan fingerprint density at radius 3 is 2.36 bits per heavy atom. The minimum absolute atomic E-state index is 0.199. The van der Waals surface area contributed by atoms with E-state index < -0.39 is 0 Å². The van der Waals surface area contributed by atoms with Gasteiger partial charge in [0, 0.05) is 5.56 Å². The summed E-state index contributed by atoms with van der Waals surface area (Å²) in [6.07, 6.45) is 16.0. The molecule has 0 nitrogen and oxygen atoms in total. The lowest BCUT2D eigenvalue weighted by molar-refractivity contribution is 0.186. The highest BCUT2D eigenvalue weighted by Gasteiger charge is 2.28. The Morgan fingerprint density at radius 2 is 1.72 bits per heavy atom. The summed E-state index contributed by atoms with van der Waals surface area (Å²) >= 11 is 0. The van der Waals surface area contributed by atoms with Crippen molar-refractivity contribution in [2.24, 2.45) is 17.8 Å². The first-order valence-corrected chi connectivity index (χ1v) is 10.2. The number of hydrogen-bond donors (Lipinski definition) is 0. The quantitative estimate of drug-likeness (QED) is 0.524. The van der Waals surface area contributed by atoms with Crippen LogP contribution in [0, 0.1) is 35.4 Å². The van der Waals surface area contributed by atoms with Crippen LogP contribution in [0.2, 0.25) is 0 Å². The molecule has 1 aromatic carbocycles. The van der Waals surface area contributed by atoms with Crippen LogP contribution in [0.3, 0.4) is 0 Å². The number of unbranched alkanes of at least 4 members (excludes halogenated alkanes) is 1. The number of hydrogen-bond acceptors (Lipinski definition) is 0. The van der Waals surface area contributed by atoms with Crippen LogP contribution in [-0.4, -0.2) is 0 Å². The Kier molecular flexibility index (Phi) is 6.74. The summed E-state index contributed by atoms with van der Waals surface area (Å²) in [6, 6.07) is 6.47. The molecule has 0 aliphatic heterocycles. The fourth-order valence-electron chi connectivity index (χ4n) is 4.52. The fourth-order valence-corrected chi connectivity index (χ4v) is 4.52. The summed E-state index contributed by atoms with van der Waals surface area (Å²) in [5.74, 6) is 9.11. The van der Waals surface area contributed by atoms with Crippen molar-refractivity contribution in [3.63, 3.8) is 0 Å². The predicted molar refractivity (Wildman–Crippen MR) is 104 cm³/mol. The first kappa shape index (κ1) is 18.2. The molecule has 0 spiro atoms. The van der Waals surface area contributed by atoms with E-state index in [0.717, 1.165) is 29.7 Å². The van der Waals surface area contributed by atoms with E-state index in [-0.39, 0.29) is 5.82 Å². The Bertz CT molecular complexity index is 620. The average Bonchev–Trinajstić information content (AvgIpc) is 2.67. The van der Waals surface area contributed by atoms with Gasteiger partial charge in [0.15, 0.2) is 0 Å². The largest absolute Gasteiger partial charge is 0.207 e. The standard InChI is InChI=1S/C24H31F/c1-2-3-4-19-7-13-22(14-8-19)23-15-9-20(10-16-23)5-6-21-11-17-24(25)18-12-21/h9,11-12,17-19,22-23H,2-4,7-8,10,13-16H2,1H3. The third kappa shape index (κ3) is 5.46. The molecule has 3 rings (SSSR count). The molecule has 0 saturated heterocycles. The van der Waals surface area contributed by atoms with Crippen LogP contribution in [-0.2, 0) is 0 Å². The molecular weight excluding hydrogens is 307 g/mol. The van der Waals surface area contributed by atoms with Crippen molar-refractivity contribution in [2.45, 2.75) is 71.1 Å². The van der Waals surface area contributed by atoms with Crippen molar-refractivity contribution >= 4 is 0 Å². The molecule has 1 aromatic rings. The Labute approximate surface area is 152 Å². The van der Waals surface area contributed by atoms with Crippen LogP contribution in [0.4, 0.5) is 4.39 Å². The second-order valence-electron chi connectivity index (χ2n) is 7.94. The van der Waals surface area contributed by atoms with Gasteiger partial charge in [-0.15, -0.1) is 0 Å². The molecule has 2 aliphatic rings. The van der Waals surface area contributed by atoms with Crippen molar-refractivity contribution in [3.8, 4) is 11.8 Å². The molecule has 0 heterocycles. The van der Waals surface area contributed by atoms with Crippen LogP contribution in [0.15, 0.2) is 35.9 Å². The van der Waals surface area contributed by atoms with Gasteiger partial charge in [0.1, 0.15) is 5.82 Å². The first-order chi connectivity index (χ1) is 12.2. The van der Waals surface area contributed by atoms with Gasteiger partial charge in [-0.2, -0.15) is 0 Å². The number of allylic oxidation sites excluding steroid dienone is 2. The van der Waals surface area contributed by atoms with E-state index in [1.165, 1.54) is 75.5 Å². The molecule has 0 bridgehead atoms. The summed E-state index contributed by atoms with van der Waals surface area (Å²) < 4.78 is 12.9. The summed E-state index contributed by atoms with van der Waals surface area (Å²) in [5, 5.41) is 0. The molecule has 1 heteroatoms. The zero-order valence-corrected chi connectivity index (χ0v) is 15.6. The molecule has 1 atom stereocenters. The number of rotatable bonds is 4. The van der Waals surface area contributed by atoms with Crippen molar-refractivity contribution < 1.29 is 4.39 Å². The van der Waals surface area contributed by atoms with E-state index in [9.17, 15) is 4.39 Å². The zero-order valence-electron chi connectivity index (χ0n) is 15.6. The molecular formula is C24H31F. The molecule has 0 radical (unpaired) electrons. The van der Waals surface area contributed by atoms with Crippen LogP contribution < -0.4 is 0 Å². The maximum Gasteiger partial charge on any atom is 0.123 e. The van der Waals surface area contributed by atoms with E-state index in [1.54, 1.807) is 12.1 Å². The zero-order chi connectivity index (χ0) is 17.5. The van der Waals surface area contributed by atoms with Crippen LogP contribution >= 0.6 is 0 Å². The number of halogens is 1. The van der Waals surface area contributed by atoms with Crippen molar-refractivity contribution in [1.29, 1.82) is 0 Å². The van der Waals surface area contributed by atoms with Gasteiger partial charge in [0.25, 0.3) is 0 Å². The van der Waals surface area contributed by atoms with Gasteiger partial charge in [0.2, 0.25) is 0 Å². The smallest absolute Gasteiger partial charge is 0.123 e. The summed E-state index contributed by atoms with van der Waals surface area (Å²) in [5.41, 5.74) is 2.17. The maximum atomic E-state index is 12.9. The summed E-state index contributed by atoms with van der Waals surface area (Å²) in [4.78, 5) is 0. The van der Waals surface area contributed by atoms with Gasteiger partial charge >= 0.3 is 0 Å². The Hall–Kier alpha value is -1.55. The SMILES string of the molecule is CCCCC1CCC(C2CC=C(C#Cc3ccc(F)cc3)CC2)CC1. The van der Waals surface area contributed by atoms with Gasteiger partial charge in [-0.25, -0.2) is 4.39 Å². The normalized spacial score (nSPS) is 26.5. The van der Waals surface area contributed by atoms with Crippen molar-refractivity contribution in [2.75, 3.05) is 0 Å². The van der Waals surface area contributed by atoms with E-state index in [0.29, 0.717) is 0 Å². The Morgan fingerprint density at radius 1 is 0.960 bits per heavy atom. The minimum Gasteiger partial charge on any atom is -0.207 e. The van der Waals surface area contributed by atoms with E-state index in [1.807, 2.05) is 0 Å². The molecule has 25 heavy (non-hydrogen) atoms. The second kappa shape index (κ2) is 9.23. The molecule has 1 saturated carbocycles. The Balaban J connectivity index is 1.47. The monoisotopic (exact) mass is 338 g/mol. The maximum absolute atomic E-state index is 12.9. The van der Waals surface area contributed by atoms with E-state index in [4.69, 9.17) is 0 Å². The molecule has 0 aromatic heterocycles. The van der Waals surface area contributed by atoms with E-state index >= 15 is 0 Å². The van der Waals surface area contributed by atoms with E-state index in [2.05, 4.69) is 24.8 Å². The lowest BCUT2D eigenvalue weighted by Gasteiger charge is -2.35. The summed E-state index contributed by atoms with van der Waals surface area (Å²) in [6.45, 7) is 2.30. The second-order valence-corrected chi connectivity index (χ2v) is 7.94. The molecule has 0 amide bonds. The van der Waals surface area contributed by atoms with Gasteiger partial charge in [0.05, 0.1) is 0 Å². The lowest BCUT2D eigenvalue weighted by atomic mass is 9.71. The fraction of sp³-hybridized carbons (Fsp3) is 0.583. The topological polar surface area (TPSA) is 0 Å². The number of benzene rings is 1. The van der Waals surface area contributed by atoms with Crippen molar-refractivity contribution in [3.05, 3.63) is 47.3 Å². The molecule has 1 fully saturated rings. The van der Waals surface area contributed by atoms with Gasteiger partial charge in [-0.3, -0.25) is 0 Å². The average molecular weight is 339 g/mol. The first-order valence-electron chi connectivity index (χ1n) is 10.2.